The van der Waals surface area contributed by atoms with Gasteiger partial charge in [0, 0.05) is 7.11 Å². The third-order valence-corrected chi connectivity index (χ3v) is 2.18. The predicted octanol–water partition coefficient (Wildman–Crippen LogP) is 1.90. The van der Waals surface area contributed by atoms with E-state index in [1.165, 1.54) is 11.1 Å². The molecule has 0 heterocycles. The van der Waals surface area contributed by atoms with Gasteiger partial charge in [0.25, 0.3) is 0 Å². The molecule has 0 aliphatic carbocycles. The van der Waals surface area contributed by atoms with Crippen LogP contribution in [0.1, 0.15) is 24.0 Å². The van der Waals surface area contributed by atoms with Crippen LogP contribution in [0.25, 0.3) is 0 Å². The van der Waals surface area contributed by atoms with Crippen LogP contribution in [-0.2, 0) is 11.3 Å². The largest absolute Gasteiger partial charge is 0.380 e. The first-order chi connectivity index (χ1) is 6.27. The molecule has 0 bridgehead atoms. The SMILES string of the molecule is COCc1cccc([C@@H](C)CN)c1. The van der Waals surface area contributed by atoms with Gasteiger partial charge in [0.15, 0.2) is 0 Å². The average Bonchev–Trinajstić information content (AvgIpc) is 2.18. The van der Waals surface area contributed by atoms with Gasteiger partial charge >= 0.3 is 0 Å². The van der Waals surface area contributed by atoms with E-state index in [0.29, 0.717) is 19.1 Å². The van der Waals surface area contributed by atoms with Gasteiger partial charge in [-0.3, -0.25) is 0 Å². The fraction of sp³-hybridized carbons (Fsp3) is 0.455. The van der Waals surface area contributed by atoms with Gasteiger partial charge in [0.05, 0.1) is 6.61 Å². The molecule has 0 saturated carbocycles. The lowest BCUT2D eigenvalue weighted by Gasteiger charge is -2.10. The van der Waals surface area contributed by atoms with E-state index in [4.69, 9.17) is 10.5 Å². The first kappa shape index (κ1) is 10.2. The highest BCUT2D eigenvalue weighted by Crippen LogP contribution is 2.15. The predicted molar refractivity (Wildman–Crippen MR) is 54.6 cm³/mol. The van der Waals surface area contributed by atoms with Crippen LogP contribution < -0.4 is 5.73 Å². The van der Waals surface area contributed by atoms with Crippen LogP contribution in [0.15, 0.2) is 24.3 Å². The smallest absolute Gasteiger partial charge is 0.0713 e. The molecule has 2 N–H and O–H groups in total. The third kappa shape index (κ3) is 2.83. The maximum atomic E-state index is 5.60. The summed E-state index contributed by atoms with van der Waals surface area (Å²) in [6.07, 6.45) is 0. The molecule has 1 rings (SSSR count). The molecule has 0 fully saturated rings. The van der Waals surface area contributed by atoms with Gasteiger partial charge in [-0.05, 0) is 23.6 Å². The van der Waals surface area contributed by atoms with Crippen LogP contribution in [0.2, 0.25) is 0 Å². The first-order valence-electron chi connectivity index (χ1n) is 4.55. The van der Waals surface area contributed by atoms with Gasteiger partial charge in [-0.15, -0.1) is 0 Å². The average molecular weight is 179 g/mol. The van der Waals surface area contributed by atoms with Crippen molar-refractivity contribution in [2.24, 2.45) is 5.73 Å². The lowest BCUT2D eigenvalue weighted by Crippen LogP contribution is -2.09. The zero-order valence-corrected chi connectivity index (χ0v) is 8.29. The fourth-order valence-corrected chi connectivity index (χ4v) is 1.29. The molecule has 0 spiro atoms. The molecule has 1 aromatic rings. The fourth-order valence-electron chi connectivity index (χ4n) is 1.29. The Morgan fingerprint density at radius 3 is 2.85 bits per heavy atom. The molecule has 0 radical (unpaired) electrons. The molecule has 1 atom stereocenters. The molecule has 13 heavy (non-hydrogen) atoms. The lowest BCUT2D eigenvalue weighted by molar-refractivity contribution is 0.185. The number of hydrogen-bond donors (Lipinski definition) is 1. The number of nitrogens with two attached hydrogens (primary N) is 1. The van der Waals surface area contributed by atoms with Crippen molar-refractivity contribution in [3.63, 3.8) is 0 Å². The highest BCUT2D eigenvalue weighted by molar-refractivity contribution is 5.25. The second-order valence-electron chi connectivity index (χ2n) is 3.31. The van der Waals surface area contributed by atoms with Crippen LogP contribution >= 0.6 is 0 Å². The number of methoxy groups -OCH3 is 1. The summed E-state index contributed by atoms with van der Waals surface area (Å²) in [7, 11) is 1.71. The van der Waals surface area contributed by atoms with Gasteiger partial charge in [0.2, 0.25) is 0 Å². The summed E-state index contributed by atoms with van der Waals surface area (Å²) in [6, 6.07) is 8.38. The molecule has 0 amide bonds. The molecule has 0 aliphatic rings. The molecule has 0 saturated heterocycles. The van der Waals surface area contributed by atoms with Gasteiger partial charge in [-0.2, -0.15) is 0 Å². The summed E-state index contributed by atoms with van der Waals surface area (Å²) in [6.45, 7) is 3.49. The number of hydrogen-bond acceptors (Lipinski definition) is 2. The van der Waals surface area contributed by atoms with Crippen molar-refractivity contribution in [1.29, 1.82) is 0 Å². The van der Waals surface area contributed by atoms with Crippen molar-refractivity contribution in [2.45, 2.75) is 19.4 Å². The van der Waals surface area contributed by atoms with Crippen molar-refractivity contribution in [3.8, 4) is 0 Å². The lowest BCUT2D eigenvalue weighted by atomic mass is 9.99. The minimum atomic E-state index is 0.428. The molecule has 2 heteroatoms. The third-order valence-electron chi connectivity index (χ3n) is 2.18. The first-order valence-corrected chi connectivity index (χ1v) is 4.55. The van der Waals surface area contributed by atoms with Gasteiger partial charge in [-0.1, -0.05) is 31.2 Å². The van der Waals surface area contributed by atoms with Crippen LogP contribution in [0.5, 0.6) is 0 Å². The van der Waals surface area contributed by atoms with Gasteiger partial charge in [0.1, 0.15) is 0 Å². The Kier molecular flexibility index (Phi) is 3.93. The Bertz CT molecular complexity index is 260. The summed E-state index contributed by atoms with van der Waals surface area (Å²) in [5, 5.41) is 0. The Morgan fingerprint density at radius 1 is 1.46 bits per heavy atom. The second-order valence-corrected chi connectivity index (χ2v) is 3.31. The van der Waals surface area contributed by atoms with Gasteiger partial charge in [-0.25, -0.2) is 0 Å². The summed E-state index contributed by atoms with van der Waals surface area (Å²) >= 11 is 0. The van der Waals surface area contributed by atoms with Crippen molar-refractivity contribution < 1.29 is 4.74 Å². The molecule has 72 valence electrons. The molecule has 2 nitrogen and oxygen atoms in total. The van der Waals surface area contributed by atoms with Crippen LogP contribution in [0.4, 0.5) is 0 Å². The van der Waals surface area contributed by atoms with Crippen molar-refractivity contribution >= 4 is 0 Å². The van der Waals surface area contributed by atoms with E-state index in [1.54, 1.807) is 7.11 Å². The summed E-state index contributed by atoms with van der Waals surface area (Å²) in [5.74, 6) is 0.428. The second kappa shape index (κ2) is 5.00. The van der Waals surface area contributed by atoms with E-state index in [9.17, 15) is 0 Å². The number of benzene rings is 1. The summed E-state index contributed by atoms with van der Waals surface area (Å²) < 4.78 is 5.07. The van der Waals surface area contributed by atoms with E-state index in [1.807, 2.05) is 0 Å². The van der Waals surface area contributed by atoms with E-state index in [2.05, 4.69) is 31.2 Å². The van der Waals surface area contributed by atoms with Crippen molar-refractivity contribution in [2.75, 3.05) is 13.7 Å². The standard InChI is InChI=1S/C11H17NO/c1-9(7-12)11-5-3-4-10(6-11)8-13-2/h3-6,9H,7-8,12H2,1-2H3/t9-/m0/s1. The van der Waals surface area contributed by atoms with Crippen molar-refractivity contribution in [3.05, 3.63) is 35.4 Å². The van der Waals surface area contributed by atoms with E-state index < -0.39 is 0 Å². The van der Waals surface area contributed by atoms with Crippen molar-refractivity contribution in [1.82, 2.24) is 0 Å². The Hall–Kier alpha value is -0.860. The van der Waals surface area contributed by atoms with Crippen LogP contribution in [0, 0.1) is 0 Å². The highest BCUT2D eigenvalue weighted by atomic mass is 16.5. The Labute approximate surface area is 79.7 Å². The van der Waals surface area contributed by atoms with Gasteiger partial charge < -0.3 is 10.5 Å². The summed E-state index contributed by atoms with van der Waals surface area (Å²) in [5.41, 5.74) is 8.09. The maximum absolute atomic E-state index is 5.60. The van der Waals surface area contributed by atoms with Crippen LogP contribution in [-0.4, -0.2) is 13.7 Å². The maximum Gasteiger partial charge on any atom is 0.0713 e. The number of ether oxygens (including phenoxy) is 1. The summed E-state index contributed by atoms with van der Waals surface area (Å²) in [4.78, 5) is 0. The normalized spacial score (nSPS) is 12.8. The zero-order chi connectivity index (χ0) is 9.68. The molecular formula is C11H17NO. The molecule has 0 unspecified atom stereocenters. The van der Waals surface area contributed by atoms with E-state index >= 15 is 0 Å². The Balaban J connectivity index is 2.78. The topological polar surface area (TPSA) is 35.2 Å². The minimum Gasteiger partial charge on any atom is -0.380 e. The molecule has 1 aromatic carbocycles. The number of rotatable bonds is 4. The monoisotopic (exact) mass is 179 g/mol. The van der Waals surface area contributed by atoms with E-state index in [-0.39, 0.29) is 0 Å². The van der Waals surface area contributed by atoms with Crippen LogP contribution in [0.3, 0.4) is 0 Å². The Morgan fingerprint density at radius 2 is 2.23 bits per heavy atom. The quantitative estimate of drug-likeness (QED) is 0.766. The highest BCUT2D eigenvalue weighted by Gasteiger charge is 2.02. The van der Waals surface area contributed by atoms with E-state index in [0.717, 1.165) is 0 Å². The molecule has 0 aliphatic heterocycles. The minimum absolute atomic E-state index is 0.428. The zero-order valence-electron chi connectivity index (χ0n) is 8.29. The molecule has 0 aromatic heterocycles. The molecular weight excluding hydrogens is 162 g/mol.